The van der Waals surface area contributed by atoms with Crippen LogP contribution in [0, 0.1) is 11.8 Å². The molecule has 4 unspecified atom stereocenters. The molecule has 5 heteroatoms. The molecule has 1 aliphatic carbocycles. The molecule has 1 amide bonds. The van der Waals surface area contributed by atoms with Gasteiger partial charge in [-0.25, -0.2) is 0 Å². The Kier molecular flexibility index (Phi) is 5.40. The van der Waals surface area contributed by atoms with E-state index in [1.165, 1.54) is 0 Å². The minimum Gasteiger partial charge on any atom is -0.481 e. The zero-order valence-electron chi connectivity index (χ0n) is 12.2. The Balaban J connectivity index is 1.83. The molecule has 0 spiro atoms. The highest BCUT2D eigenvalue weighted by atomic mass is 16.4. The van der Waals surface area contributed by atoms with Gasteiger partial charge < -0.3 is 15.7 Å². The third-order valence-electron chi connectivity index (χ3n) is 4.78. The van der Waals surface area contributed by atoms with Crippen LogP contribution in [0.15, 0.2) is 0 Å². The first-order chi connectivity index (χ1) is 9.60. The molecule has 114 valence electrons. The summed E-state index contributed by atoms with van der Waals surface area (Å²) in [6, 6.07) is -0.0694. The summed E-state index contributed by atoms with van der Waals surface area (Å²) in [6.45, 7) is 3.07. The lowest BCUT2D eigenvalue weighted by Crippen LogP contribution is -2.52. The minimum atomic E-state index is -0.731. The van der Waals surface area contributed by atoms with Crippen LogP contribution in [0.3, 0.4) is 0 Å². The number of nitrogens with one attached hydrogen (secondary N) is 2. The topological polar surface area (TPSA) is 78.4 Å². The van der Waals surface area contributed by atoms with Gasteiger partial charge >= 0.3 is 5.97 Å². The van der Waals surface area contributed by atoms with E-state index in [1.807, 2.05) is 0 Å². The molecule has 3 N–H and O–H groups in total. The van der Waals surface area contributed by atoms with Crippen LogP contribution in [0.4, 0.5) is 0 Å². The maximum Gasteiger partial charge on any atom is 0.306 e. The van der Waals surface area contributed by atoms with Crippen molar-refractivity contribution in [2.75, 3.05) is 6.54 Å². The third-order valence-corrected chi connectivity index (χ3v) is 4.78. The van der Waals surface area contributed by atoms with Crippen molar-refractivity contribution in [1.29, 1.82) is 0 Å². The summed E-state index contributed by atoms with van der Waals surface area (Å²) in [5.41, 5.74) is 0. The number of aliphatic carboxylic acids is 1. The summed E-state index contributed by atoms with van der Waals surface area (Å²) in [7, 11) is 0. The normalized spacial score (nSPS) is 34.5. The number of hydrogen-bond acceptors (Lipinski definition) is 3. The maximum absolute atomic E-state index is 12.3. The molecule has 1 heterocycles. The van der Waals surface area contributed by atoms with Gasteiger partial charge in [-0.1, -0.05) is 19.8 Å². The van der Waals surface area contributed by atoms with Gasteiger partial charge in [0.05, 0.1) is 12.0 Å². The molecule has 0 aromatic rings. The molecule has 1 saturated carbocycles. The van der Waals surface area contributed by atoms with Gasteiger partial charge in [0.2, 0.25) is 5.91 Å². The van der Waals surface area contributed by atoms with Crippen LogP contribution in [0.1, 0.15) is 51.9 Å². The summed E-state index contributed by atoms with van der Waals surface area (Å²) in [5, 5.41) is 15.4. The first-order valence-electron chi connectivity index (χ1n) is 7.86. The molecule has 2 rings (SSSR count). The molecule has 0 bridgehead atoms. The highest BCUT2D eigenvalue weighted by molar-refractivity contribution is 5.82. The highest BCUT2D eigenvalue weighted by Crippen LogP contribution is 2.25. The fraction of sp³-hybridized carbons (Fsp3) is 0.867. The molecule has 20 heavy (non-hydrogen) atoms. The molecule has 2 fully saturated rings. The van der Waals surface area contributed by atoms with Gasteiger partial charge in [0, 0.05) is 6.04 Å². The van der Waals surface area contributed by atoms with Crippen LogP contribution < -0.4 is 10.6 Å². The van der Waals surface area contributed by atoms with Crippen LogP contribution in [-0.2, 0) is 9.59 Å². The van der Waals surface area contributed by atoms with E-state index in [1.54, 1.807) is 0 Å². The summed E-state index contributed by atoms with van der Waals surface area (Å²) < 4.78 is 0. The average molecular weight is 282 g/mol. The second-order valence-corrected chi connectivity index (χ2v) is 6.21. The van der Waals surface area contributed by atoms with Gasteiger partial charge in [-0.2, -0.15) is 0 Å². The van der Waals surface area contributed by atoms with Gasteiger partial charge in [-0.05, 0) is 44.6 Å². The minimum absolute atomic E-state index is 0.0288. The van der Waals surface area contributed by atoms with Gasteiger partial charge in [-0.15, -0.1) is 0 Å². The van der Waals surface area contributed by atoms with Crippen molar-refractivity contribution >= 4 is 11.9 Å². The summed E-state index contributed by atoms with van der Waals surface area (Å²) in [5.74, 6) is -0.341. The van der Waals surface area contributed by atoms with Gasteiger partial charge in [-0.3, -0.25) is 9.59 Å². The number of carboxylic acid groups (broad SMARTS) is 1. The van der Waals surface area contributed by atoms with Crippen molar-refractivity contribution < 1.29 is 14.7 Å². The molecule has 0 aromatic heterocycles. The molecular weight excluding hydrogens is 256 g/mol. The van der Waals surface area contributed by atoms with Crippen LogP contribution >= 0.6 is 0 Å². The molecule has 4 atom stereocenters. The predicted octanol–water partition coefficient (Wildman–Crippen LogP) is 1.52. The maximum atomic E-state index is 12.3. The fourth-order valence-electron chi connectivity index (χ4n) is 3.41. The lowest BCUT2D eigenvalue weighted by Gasteiger charge is -2.32. The van der Waals surface area contributed by atoms with Crippen molar-refractivity contribution in [2.24, 2.45) is 11.8 Å². The molecule has 1 saturated heterocycles. The van der Waals surface area contributed by atoms with Gasteiger partial charge in [0.15, 0.2) is 0 Å². The number of rotatable bonds is 4. The monoisotopic (exact) mass is 282 g/mol. The van der Waals surface area contributed by atoms with Crippen LogP contribution in [0.2, 0.25) is 0 Å². The lowest BCUT2D eigenvalue weighted by molar-refractivity contribution is -0.143. The van der Waals surface area contributed by atoms with E-state index in [0.717, 1.165) is 45.1 Å². The summed E-state index contributed by atoms with van der Waals surface area (Å²) in [6.07, 6.45) is 6.27. The quantitative estimate of drug-likeness (QED) is 0.730. The zero-order chi connectivity index (χ0) is 14.5. The van der Waals surface area contributed by atoms with Crippen molar-refractivity contribution in [3.63, 3.8) is 0 Å². The Morgan fingerprint density at radius 1 is 1.25 bits per heavy atom. The van der Waals surface area contributed by atoms with E-state index >= 15 is 0 Å². The molecule has 1 aliphatic heterocycles. The van der Waals surface area contributed by atoms with Crippen molar-refractivity contribution in [3.05, 3.63) is 0 Å². The fourth-order valence-corrected chi connectivity index (χ4v) is 3.41. The van der Waals surface area contributed by atoms with Crippen LogP contribution in [0.5, 0.6) is 0 Å². The van der Waals surface area contributed by atoms with Crippen molar-refractivity contribution in [3.8, 4) is 0 Å². The Bertz CT molecular complexity index is 359. The van der Waals surface area contributed by atoms with E-state index in [4.69, 9.17) is 5.11 Å². The standard InChI is InChI=1S/C15H26N2O3/c1-2-10-6-7-16-13(8-10)14(18)17-12-5-3-4-11(9-12)15(19)20/h10-13,16H,2-9H2,1H3,(H,17,18)(H,19,20). The van der Waals surface area contributed by atoms with Gasteiger partial charge in [0.1, 0.15) is 0 Å². The number of carbonyl (C=O) groups excluding carboxylic acids is 1. The van der Waals surface area contributed by atoms with Crippen LogP contribution in [-0.4, -0.2) is 35.6 Å². The van der Waals surface area contributed by atoms with Crippen LogP contribution in [0.25, 0.3) is 0 Å². The highest BCUT2D eigenvalue weighted by Gasteiger charge is 2.31. The smallest absolute Gasteiger partial charge is 0.306 e. The predicted molar refractivity (Wildman–Crippen MR) is 76.3 cm³/mol. The lowest BCUT2D eigenvalue weighted by atomic mass is 9.85. The molecule has 0 aromatic carbocycles. The van der Waals surface area contributed by atoms with E-state index in [-0.39, 0.29) is 23.9 Å². The summed E-state index contributed by atoms with van der Waals surface area (Å²) >= 11 is 0. The SMILES string of the molecule is CCC1CCNC(C(=O)NC2CCCC(C(=O)O)C2)C1. The molecule has 5 nitrogen and oxygen atoms in total. The van der Waals surface area contributed by atoms with Crippen molar-refractivity contribution in [1.82, 2.24) is 10.6 Å². The number of amides is 1. The zero-order valence-corrected chi connectivity index (χ0v) is 12.2. The number of carbonyl (C=O) groups is 2. The van der Waals surface area contributed by atoms with E-state index in [9.17, 15) is 9.59 Å². The van der Waals surface area contributed by atoms with E-state index < -0.39 is 5.97 Å². The van der Waals surface area contributed by atoms with E-state index in [0.29, 0.717) is 12.3 Å². The third kappa shape index (κ3) is 3.95. The Morgan fingerprint density at radius 3 is 2.75 bits per heavy atom. The molecule has 0 radical (unpaired) electrons. The average Bonchev–Trinajstić information content (AvgIpc) is 2.47. The second-order valence-electron chi connectivity index (χ2n) is 6.21. The van der Waals surface area contributed by atoms with E-state index in [2.05, 4.69) is 17.6 Å². The largest absolute Gasteiger partial charge is 0.481 e. The Morgan fingerprint density at radius 2 is 2.05 bits per heavy atom. The number of piperidine rings is 1. The summed E-state index contributed by atoms with van der Waals surface area (Å²) in [4.78, 5) is 23.3. The van der Waals surface area contributed by atoms with Crippen molar-refractivity contribution in [2.45, 2.75) is 64.0 Å². The second kappa shape index (κ2) is 7.07. The first-order valence-corrected chi connectivity index (χ1v) is 7.86. The Labute approximate surface area is 120 Å². The van der Waals surface area contributed by atoms with Gasteiger partial charge in [0.25, 0.3) is 0 Å². The Hall–Kier alpha value is -1.10. The number of carboxylic acids is 1. The molecular formula is C15H26N2O3. The first kappa shape index (κ1) is 15.3. The molecule has 2 aliphatic rings. The number of hydrogen-bond donors (Lipinski definition) is 3.